The van der Waals surface area contributed by atoms with Crippen LogP contribution in [0.1, 0.15) is 5.56 Å². The van der Waals surface area contributed by atoms with E-state index in [0.717, 1.165) is 66.4 Å². The van der Waals surface area contributed by atoms with Crippen LogP contribution in [0.15, 0.2) is 158 Å². The molecule has 9 aromatic rings. The molecule has 0 spiro atoms. The molecular weight excluding hydrogens is 573 g/mol. The number of para-hydroxylation sites is 2. The lowest BCUT2D eigenvalue weighted by atomic mass is 9.99. The van der Waals surface area contributed by atoms with Crippen molar-refractivity contribution in [2.24, 2.45) is 0 Å². The molecule has 4 nitrogen and oxygen atoms in total. The van der Waals surface area contributed by atoms with Gasteiger partial charge in [-0.05, 0) is 81.6 Å². The van der Waals surface area contributed by atoms with Crippen LogP contribution in [0.3, 0.4) is 0 Å². The van der Waals surface area contributed by atoms with Crippen molar-refractivity contribution in [3.63, 3.8) is 0 Å². The summed E-state index contributed by atoms with van der Waals surface area (Å²) in [6.45, 7) is 0. The largest absolute Gasteiger partial charge is 0.292 e. The van der Waals surface area contributed by atoms with Crippen LogP contribution in [-0.4, -0.2) is 14.5 Å². The first-order valence-corrected chi connectivity index (χ1v) is 15.6. The summed E-state index contributed by atoms with van der Waals surface area (Å²) in [5.74, 6) is 0.753. The molecule has 47 heavy (non-hydrogen) atoms. The summed E-state index contributed by atoms with van der Waals surface area (Å²) >= 11 is 0. The van der Waals surface area contributed by atoms with E-state index in [4.69, 9.17) is 9.97 Å². The average molecular weight is 599 g/mol. The third kappa shape index (κ3) is 4.53. The SMILES string of the molecule is N#Cc1ccc(-c2nc3ccccc3nc2-n2c3ccc(-c4ccc(-c5ccccc5)cc4)cc3c3cc4ccccc4cc32)cc1. The zero-order chi connectivity index (χ0) is 31.3. The predicted octanol–water partition coefficient (Wildman–Crippen LogP) is 10.8. The molecule has 7 aromatic carbocycles. The van der Waals surface area contributed by atoms with E-state index in [-0.39, 0.29) is 0 Å². The number of rotatable bonds is 4. The van der Waals surface area contributed by atoms with Gasteiger partial charge in [-0.25, -0.2) is 9.97 Å². The van der Waals surface area contributed by atoms with Crippen molar-refractivity contribution < 1.29 is 0 Å². The number of hydrogen-bond acceptors (Lipinski definition) is 3. The Morgan fingerprint density at radius 3 is 1.72 bits per heavy atom. The Balaban J connectivity index is 1.31. The van der Waals surface area contributed by atoms with Gasteiger partial charge in [-0.2, -0.15) is 5.26 Å². The fourth-order valence-corrected chi connectivity index (χ4v) is 6.64. The molecule has 0 aliphatic carbocycles. The van der Waals surface area contributed by atoms with E-state index >= 15 is 0 Å². The topological polar surface area (TPSA) is 54.5 Å². The van der Waals surface area contributed by atoms with Crippen molar-refractivity contribution in [1.29, 1.82) is 5.26 Å². The van der Waals surface area contributed by atoms with Gasteiger partial charge in [-0.3, -0.25) is 4.57 Å². The van der Waals surface area contributed by atoms with E-state index in [9.17, 15) is 5.26 Å². The van der Waals surface area contributed by atoms with E-state index in [2.05, 4.69) is 114 Å². The number of fused-ring (bicyclic) bond motifs is 5. The minimum absolute atomic E-state index is 0.608. The number of benzene rings is 7. The van der Waals surface area contributed by atoms with Crippen molar-refractivity contribution in [3.8, 4) is 45.4 Å². The van der Waals surface area contributed by atoms with Crippen molar-refractivity contribution in [1.82, 2.24) is 14.5 Å². The van der Waals surface area contributed by atoms with E-state index in [1.54, 1.807) is 0 Å². The number of nitrogens with zero attached hydrogens (tertiary/aromatic N) is 4. The summed E-state index contributed by atoms with van der Waals surface area (Å²) in [6, 6.07) is 56.8. The average Bonchev–Trinajstić information content (AvgIpc) is 3.46. The maximum atomic E-state index is 9.46. The molecule has 0 saturated carbocycles. The maximum absolute atomic E-state index is 9.46. The molecule has 4 heteroatoms. The Hall–Kier alpha value is -6.57. The molecule has 218 valence electrons. The summed E-state index contributed by atoms with van der Waals surface area (Å²) in [4.78, 5) is 10.4. The first-order chi connectivity index (χ1) is 23.2. The van der Waals surface area contributed by atoms with Crippen LogP contribution < -0.4 is 0 Å². The fraction of sp³-hybridized carbons (Fsp3) is 0. The normalized spacial score (nSPS) is 11.4. The third-order valence-electron chi connectivity index (χ3n) is 9.01. The van der Waals surface area contributed by atoms with Crippen LogP contribution in [0.5, 0.6) is 0 Å². The van der Waals surface area contributed by atoms with Gasteiger partial charge in [0.05, 0.1) is 33.7 Å². The minimum atomic E-state index is 0.608. The summed E-state index contributed by atoms with van der Waals surface area (Å²) in [5.41, 5.74) is 10.8. The molecule has 2 heterocycles. The summed E-state index contributed by atoms with van der Waals surface area (Å²) in [7, 11) is 0. The molecule has 0 unspecified atom stereocenters. The molecule has 0 bridgehead atoms. The van der Waals surface area contributed by atoms with E-state index in [1.807, 2.05) is 54.6 Å². The van der Waals surface area contributed by atoms with Gasteiger partial charge >= 0.3 is 0 Å². The molecule has 0 radical (unpaired) electrons. The van der Waals surface area contributed by atoms with Gasteiger partial charge < -0.3 is 0 Å². The summed E-state index contributed by atoms with van der Waals surface area (Å²) in [6.07, 6.45) is 0. The second-order valence-corrected chi connectivity index (χ2v) is 11.8. The van der Waals surface area contributed by atoms with E-state index in [0.29, 0.717) is 5.56 Å². The predicted molar refractivity (Wildman–Crippen MR) is 192 cm³/mol. The highest BCUT2D eigenvalue weighted by molar-refractivity contribution is 6.14. The van der Waals surface area contributed by atoms with Crippen LogP contribution in [0.4, 0.5) is 0 Å². The van der Waals surface area contributed by atoms with E-state index in [1.165, 1.54) is 16.5 Å². The molecular formula is C43H26N4. The molecule has 0 atom stereocenters. The monoisotopic (exact) mass is 598 g/mol. The van der Waals surface area contributed by atoms with Crippen molar-refractivity contribution in [3.05, 3.63) is 163 Å². The number of hydrogen-bond donors (Lipinski definition) is 0. The lowest BCUT2D eigenvalue weighted by molar-refractivity contribution is 1.08. The summed E-state index contributed by atoms with van der Waals surface area (Å²) < 4.78 is 2.26. The van der Waals surface area contributed by atoms with Gasteiger partial charge in [0, 0.05) is 16.3 Å². The highest BCUT2D eigenvalue weighted by Crippen LogP contribution is 2.39. The number of nitriles is 1. The van der Waals surface area contributed by atoms with Gasteiger partial charge in [-0.1, -0.05) is 109 Å². The zero-order valence-corrected chi connectivity index (χ0v) is 25.3. The minimum Gasteiger partial charge on any atom is -0.292 e. The quantitative estimate of drug-likeness (QED) is 0.202. The molecule has 2 aromatic heterocycles. The number of aromatic nitrogens is 3. The van der Waals surface area contributed by atoms with Gasteiger partial charge in [0.15, 0.2) is 5.82 Å². The molecule has 0 fully saturated rings. The van der Waals surface area contributed by atoms with Crippen molar-refractivity contribution in [2.45, 2.75) is 0 Å². The second-order valence-electron chi connectivity index (χ2n) is 11.8. The maximum Gasteiger partial charge on any atom is 0.165 e. The Morgan fingerprint density at radius 1 is 0.447 bits per heavy atom. The van der Waals surface area contributed by atoms with Crippen LogP contribution in [0.25, 0.3) is 82.9 Å². The lowest BCUT2D eigenvalue weighted by Gasteiger charge is -2.14. The van der Waals surface area contributed by atoms with Crippen LogP contribution in [0.2, 0.25) is 0 Å². The molecule has 0 aliphatic heterocycles. The highest BCUT2D eigenvalue weighted by Gasteiger charge is 2.20. The van der Waals surface area contributed by atoms with Gasteiger partial charge in [0.2, 0.25) is 0 Å². The lowest BCUT2D eigenvalue weighted by Crippen LogP contribution is -2.03. The third-order valence-corrected chi connectivity index (χ3v) is 9.01. The van der Waals surface area contributed by atoms with Gasteiger partial charge in [-0.15, -0.1) is 0 Å². The molecule has 0 saturated heterocycles. The molecule has 0 N–H and O–H groups in total. The second kappa shape index (κ2) is 10.8. The fourth-order valence-electron chi connectivity index (χ4n) is 6.64. The van der Waals surface area contributed by atoms with Gasteiger partial charge in [0.1, 0.15) is 5.69 Å². The standard InChI is InChI=1S/C43H26N4/c44-27-28-14-16-32(17-15-28)42-43(46-39-13-7-6-12-38(39)45-42)47-40-23-22-35(31-20-18-30(19-21-31)29-8-2-1-3-9-29)25-36(40)37-24-33-10-4-5-11-34(33)26-41(37)47/h1-26H. The van der Waals surface area contributed by atoms with Gasteiger partial charge in [0.25, 0.3) is 0 Å². The first-order valence-electron chi connectivity index (χ1n) is 15.6. The van der Waals surface area contributed by atoms with Crippen LogP contribution in [0, 0.1) is 11.3 Å². The molecule has 0 aliphatic rings. The zero-order valence-electron chi connectivity index (χ0n) is 25.3. The Labute approximate surface area is 271 Å². The Kier molecular flexibility index (Phi) is 6.16. The Morgan fingerprint density at radius 2 is 1.00 bits per heavy atom. The van der Waals surface area contributed by atoms with Crippen LogP contribution >= 0.6 is 0 Å². The smallest absolute Gasteiger partial charge is 0.165 e. The first kappa shape index (κ1) is 26.8. The highest BCUT2D eigenvalue weighted by atomic mass is 15.1. The Bertz CT molecular complexity index is 2660. The van der Waals surface area contributed by atoms with Crippen LogP contribution in [-0.2, 0) is 0 Å². The molecule has 9 rings (SSSR count). The molecule has 0 amide bonds. The van der Waals surface area contributed by atoms with Crippen molar-refractivity contribution >= 4 is 43.6 Å². The van der Waals surface area contributed by atoms with E-state index < -0.39 is 0 Å². The van der Waals surface area contributed by atoms with Crippen molar-refractivity contribution in [2.75, 3.05) is 0 Å². The summed E-state index contributed by atoms with van der Waals surface area (Å²) in [5, 5.41) is 14.1.